The number of rotatable bonds is 7. The third-order valence-corrected chi connectivity index (χ3v) is 4.81. The second kappa shape index (κ2) is 9.33. The van der Waals surface area contributed by atoms with Gasteiger partial charge in [-0.1, -0.05) is 13.8 Å². The monoisotopic (exact) mass is 539 g/mol. The number of H-pyrrole nitrogens is 1. The smallest absolute Gasteiger partial charge is 0.328 e. The molecular weight excluding hydrogens is 513 g/mol. The lowest BCUT2D eigenvalue weighted by atomic mass is 10.2. The molecule has 0 amide bonds. The van der Waals surface area contributed by atoms with Crippen molar-refractivity contribution in [3.05, 3.63) is 31.9 Å². The number of ether oxygens (including phenoxy) is 2. The summed E-state index contributed by atoms with van der Waals surface area (Å²) in [5.74, 6) is 0.283. The Hall–Kier alpha value is -2.50. The molecule has 0 unspecified atom stereocenters. The highest BCUT2D eigenvalue weighted by Crippen LogP contribution is 2.28. The zero-order chi connectivity index (χ0) is 22.8. The summed E-state index contributed by atoms with van der Waals surface area (Å²) in [5.41, 5.74) is 0.890. The number of aryl methyl sites for hydroxylation is 1. The third kappa shape index (κ3) is 5.41. The second-order valence-corrected chi connectivity index (χ2v) is 9.26. The lowest BCUT2D eigenvalue weighted by Gasteiger charge is -2.19. The van der Waals surface area contributed by atoms with E-state index in [9.17, 15) is 9.59 Å². The van der Waals surface area contributed by atoms with E-state index in [2.05, 4.69) is 42.6 Å². The van der Waals surface area contributed by atoms with Crippen LogP contribution in [0.4, 0.5) is 0 Å². The van der Waals surface area contributed by atoms with Gasteiger partial charge in [0.15, 0.2) is 5.52 Å². The number of aromatic nitrogens is 5. The number of halogens is 1. The molecule has 3 heterocycles. The van der Waals surface area contributed by atoms with Crippen LogP contribution in [0.1, 0.15) is 46.7 Å². The Bertz CT molecular complexity index is 1160. The van der Waals surface area contributed by atoms with E-state index in [4.69, 9.17) is 9.47 Å². The molecule has 31 heavy (non-hydrogen) atoms. The summed E-state index contributed by atoms with van der Waals surface area (Å²) in [4.78, 5) is 37.2. The number of fused-ring (bicyclic) bond motifs is 1. The van der Waals surface area contributed by atoms with Gasteiger partial charge in [-0.2, -0.15) is 5.10 Å². The number of hydrogen-bond acceptors (Lipinski definition) is 7. The van der Waals surface area contributed by atoms with Crippen molar-refractivity contribution in [2.75, 3.05) is 6.61 Å². The minimum absolute atomic E-state index is 0.173. The van der Waals surface area contributed by atoms with Crippen LogP contribution in [0.25, 0.3) is 22.4 Å². The molecule has 3 aromatic rings. The van der Waals surface area contributed by atoms with E-state index in [1.165, 1.54) is 4.68 Å². The van der Waals surface area contributed by atoms with Gasteiger partial charge in [0.2, 0.25) is 5.88 Å². The molecule has 3 aromatic heterocycles. The van der Waals surface area contributed by atoms with Crippen LogP contribution in [0, 0.1) is 3.57 Å². The lowest BCUT2D eigenvalue weighted by Crippen LogP contribution is -2.27. The molecule has 0 aliphatic heterocycles. The van der Waals surface area contributed by atoms with Gasteiger partial charge in [-0.05, 0) is 62.3 Å². The number of aromatic amines is 1. The molecule has 9 nitrogen and oxygen atoms in total. The number of esters is 1. The topological polar surface area (TPSA) is 112 Å². The van der Waals surface area contributed by atoms with Gasteiger partial charge in [0.05, 0.1) is 17.9 Å². The Balaban J connectivity index is 2.10. The van der Waals surface area contributed by atoms with Crippen LogP contribution in [0.2, 0.25) is 0 Å². The van der Waals surface area contributed by atoms with Crippen molar-refractivity contribution in [1.29, 1.82) is 0 Å². The Morgan fingerprint density at radius 3 is 2.68 bits per heavy atom. The zero-order valence-electron chi connectivity index (χ0n) is 18.3. The predicted molar refractivity (Wildman–Crippen MR) is 125 cm³/mol. The van der Waals surface area contributed by atoms with E-state index in [1.54, 1.807) is 27.0 Å². The molecule has 0 bridgehead atoms. The quantitative estimate of drug-likeness (QED) is 0.362. The summed E-state index contributed by atoms with van der Waals surface area (Å²) in [7, 11) is 0. The molecule has 10 heteroatoms. The summed E-state index contributed by atoms with van der Waals surface area (Å²) in [5, 5.41) is 4.45. The summed E-state index contributed by atoms with van der Waals surface area (Å²) in [6.45, 7) is 9.62. The molecule has 1 N–H and O–H groups in total. The number of pyridine rings is 1. The molecule has 0 aliphatic rings. The second-order valence-electron chi connectivity index (χ2n) is 8.01. The molecule has 3 rings (SSSR count). The van der Waals surface area contributed by atoms with Crippen LogP contribution in [-0.4, -0.2) is 42.9 Å². The van der Waals surface area contributed by atoms with Crippen molar-refractivity contribution in [3.8, 4) is 17.3 Å². The van der Waals surface area contributed by atoms with Crippen LogP contribution in [0.15, 0.2) is 17.1 Å². The molecule has 0 saturated heterocycles. The van der Waals surface area contributed by atoms with Crippen molar-refractivity contribution in [1.82, 2.24) is 24.7 Å². The fourth-order valence-corrected chi connectivity index (χ4v) is 3.49. The van der Waals surface area contributed by atoms with Gasteiger partial charge in [0.1, 0.15) is 23.5 Å². The highest BCUT2D eigenvalue weighted by Gasteiger charge is 2.22. The minimum atomic E-state index is -0.627. The molecule has 166 valence electrons. The van der Waals surface area contributed by atoms with E-state index in [0.29, 0.717) is 41.5 Å². The highest BCUT2D eigenvalue weighted by atomic mass is 127. The number of nitrogens with zero attached hydrogens (tertiary/aromatic N) is 4. The SMILES string of the molecule is CCCOc1ncc(I)cc1-c1nc2c(CC)nn(CC(=O)OC(C)(C)C)c2c(=O)[nH]1. The third-order valence-electron chi connectivity index (χ3n) is 4.22. The normalized spacial score (nSPS) is 11.7. The summed E-state index contributed by atoms with van der Waals surface area (Å²) >= 11 is 2.15. The van der Waals surface area contributed by atoms with Gasteiger partial charge >= 0.3 is 5.97 Å². The fraction of sp³-hybridized carbons (Fsp3) is 0.476. The number of carbonyl (C=O) groups excluding carboxylic acids is 1. The number of hydrogen-bond donors (Lipinski definition) is 1. The van der Waals surface area contributed by atoms with Gasteiger partial charge in [-0.3, -0.25) is 9.59 Å². The molecule has 0 fully saturated rings. The first-order valence-corrected chi connectivity index (χ1v) is 11.2. The van der Waals surface area contributed by atoms with Gasteiger partial charge in [0, 0.05) is 9.77 Å². The standard InChI is InChI=1S/C21H26IN5O4/c1-6-8-30-20-13(9-12(22)10-23-20)18-24-16-14(7-2)26-27(17(16)19(29)25-18)11-15(28)31-21(3,4)5/h9-10H,6-8,11H2,1-5H3,(H,24,25,29). The van der Waals surface area contributed by atoms with Crippen molar-refractivity contribution in [3.63, 3.8) is 0 Å². The highest BCUT2D eigenvalue weighted by molar-refractivity contribution is 14.1. The minimum Gasteiger partial charge on any atom is -0.477 e. The maximum atomic E-state index is 13.0. The largest absolute Gasteiger partial charge is 0.477 e. The number of nitrogens with one attached hydrogen (secondary N) is 1. The average Bonchev–Trinajstić information content (AvgIpc) is 3.03. The van der Waals surface area contributed by atoms with Crippen molar-refractivity contribution in [2.45, 2.75) is 59.6 Å². The molecule has 0 aliphatic carbocycles. The summed E-state index contributed by atoms with van der Waals surface area (Å²) in [6, 6.07) is 1.86. The van der Waals surface area contributed by atoms with Crippen LogP contribution >= 0.6 is 22.6 Å². The van der Waals surface area contributed by atoms with Crippen LogP contribution in [-0.2, 0) is 22.5 Å². The van der Waals surface area contributed by atoms with E-state index in [-0.39, 0.29) is 12.1 Å². The van der Waals surface area contributed by atoms with Gasteiger partial charge < -0.3 is 14.5 Å². The Labute approximate surface area is 193 Å². The Morgan fingerprint density at radius 2 is 2.03 bits per heavy atom. The molecule has 0 spiro atoms. The summed E-state index contributed by atoms with van der Waals surface area (Å²) < 4.78 is 13.4. The van der Waals surface area contributed by atoms with Crippen LogP contribution in [0.5, 0.6) is 5.88 Å². The van der Waals surface area contributed by atoms with Gasteiger partial charge in [0.25, 0.3) is 5.56 Å². The predicted octanol–water partition coefficient (Wildman–Crippen LogP) is 3.48. The fourth-order valence-electron chi connectivity index (χ4n) is 3.04. The van der Waals surface area contributed by atoms with Crippen LogP contribution < -0.4 is 10.3 Å². The first-order valence-electron chi connectivity index (χ1n) is 10.1. The maximum Gasteiger partial charge on any atom is 0.328 e. The van der Waals surface area contributed by atoms with Gasteiger partial charge in [-0.25, -0.2) is 14.6 Å². The lowest BCUT2D eigenvalue weighted by molar-refractivity contribution is -0.155. The summed E-state index contributed by atoms with van der Waals surface area (Å²) in [6.07, 6.45) is 3.08. The Kier molecular flexibility index (Phi) is 6.97. The van der Waals surface area contributed by atoms with E-state index in [0.717, 1.165) is 9.99 Å². The molecule has 0 aromatic carbocycles. The van der Waals surface area contributed by atoms with Crippen molar-refractivity contribution < 1.29 is 14.3 Å². The van der Waals surface area contributed by atoms with E-state index in [1.807, 2.05) is 19.9 Å². The van der Waals surface area contributed by atoms with Gasteiger partial charge in [-0.15, -0.1) is 0 Å². The van der Waals surface area contributed by atoms with Crippen LogP contribution in [0.3, 0.4) is 0 Å². The zero-order valence-corrected chi connectivity index (χ0v) is 20.4. The molecule has 0 radical (unpaired) electrons. The average molecular weight is 539 g/mol. The van der Waals surface area contributed by atoms with Crippen molar-refractivity contribution >= 4 is 39.6 Å². The Morgan fingerprint density at radius 1 is 1.29 bits per heavy atom. The van der Waals surface area contributed by atoms with E-state index < -0.39 is 17.1 Å². The first kappa shape index (κ1) is 23.2. The first-order chi connectivity index (χ1) is 14.6. The van der Waals surface area contributed by atoms with E-state index >= 15 is 0 Å². The molecule has 0 saturated carbocycles. The molecule has 0 atom stereocenters. The molecular formula is C21H26IN5O4. The van der Waals surface area contributed by atoms with Crippen molar-refractivity contribution in [2.24, 2.45) is 0 Å². The maximum absolute atomic E-state index is 13.0. The number of carbonyl (C=O) groups is 1.